The van der Waals surface area contributed by atoms with E-state index in [4.69, 9.17) is 5.73 Å². The van der Waals surface area contributed by atoms with Gasteiger partial charge in [0.05, 0.1) is 15.1 Å². The first kappa shape index (κ1) is 14.7. The highest BCUT2D eigenvalue weighted by molar-refractivity contribution is 9.11. The molecule has 2 amide bonds. The van der Waals surface area contributed by atoms with Gasteiger partial charge in [-0.25, -0.2) is 0 Å². The smallest absolute Gasteiger partial charge is 0.265 e. The Morgan fingerprint density at radius 1 is 1.35 bits per heavy atom. The molecule has 1 aromatic carbocycles. The molecule has 0 aliphatic heterocycles. The van der Waals surface area contributed by atoms with Gasteiger partial charge in [0, 0.05) is 5.69 Å². The van der Waals surface area contributed by atoms with Gasteiger partial charge in [0.15, 0.2) is 0 Å². The van der Waals surface area contributed by atoms with E-state index in [2.05, 4.69) is 21.2 Å². The van der Waals surface area contributed by atoms with Crippen molar-refractivity contribution in [2.24, 2.45) is 5.73 Å². The summed E-state index contributed by atoms with van der Waals surface area (Å²) >= 11 is 4.77. The second-order valence-corrected chi connectivity index (χ2v) is 6.69. The molecule has 0 unspecified atom stereocenters. The fraction of sp³-hybridized carbons (Fsp3) is 0.143. The van der Waals surface area contributed by atoms with Crippen molar-refractivity contribution in [1.82, 2.24) is 0 Å². The molecule has 0 aliphatic rings. The third kappa shape index (κ3) is 3.46. The van der Waals surface area contributed by atoms with E-state index in [1.165, 1.54) is 11.3 Å². The largest absolute Gasteiger partial charge is 0.369 e. The quantitative estimate of drug-likeness (QED) is 0.887. The van der Waals surface area contributed by atoms with Crippen LogP contribution in [0.2, 0.25) is 0 Å². The maximum absolute atomic E-state index is 12.2. The Morgan fingerprint density at radius 3 is 2.65 bits per heavy atom. The fourth-order valence-corrected chi connectivity index (χ4v) is 3.17. The normalized spacial score (nSPS) is 10.3. The molecule has 0 spiro atoms. The number of rotatable bonds is 4. The van der Waals surface area contributed by atoms with Crippen LogP contribution >= 0.6 is 27.3 Å². The van der Waals surface area contributed by atoms with Crippen LogP contribution < -0.4 is 11.1 Å². The van der Waals surface area contributed by atoms with Crippen molar-refractivity contribution in [1.29, 1.82) is 0 Å². The Bertz CT molecular complexity index is 647. The molecule has 0 fully saturated rings. The van der Waals surface area contributed by atoms with Crippen LogP contribution in [-0.2, 0) is 11.2 Å². The summed E-state index contributed by atoms with van der Waals surface area (Å²) < 4.78 is 0.938. The van der Waals surface area contributed by atoms with Gasteiger partial charge < -0.3 is 11.1 Å². The van der Waals surface area contributed by atoms with Crippen molar-refractivity contribution in [2.45, 2.75) is 13.3 Å². The van der Waals surface area contributed by atoms with Crippen LogP contribution in [0.25, 0.3) is 0 Å². The molecule has 0 atom stereocenters. The van der Waals surface area contributed by atoms with Gasteiger partial charge in [-0.05, 0) is 46.1 Å². The van der Waals surface area contributed by atoms with Crippen molar-refractivity contribution in [3.05, 3.63) is 50.1 Å². The maximum atomic E-state index is 12.2. The molecule has 0 radical (unpaired) electrons. The van der Waals surface area contributed by atoms with Gasteiger partial charge in [0.1, 0.15) is 0 Å². The first-order chi connectivity index (χ1) is 9.47. The van der Waals surface area contributed by atoms with Crippen LogP contribution in [0.3, 0.4) is 0 Å². The van der Waals surface area contributed by atoms with Crippen LogP contribution in [0.1, 0.15) is 20.8 Å². The Balaban J connectivity index is 2.21. The summed E-state index contributed by atoms with van der Waals surface area (Å²) in [4.78, 5) is 23.8. The third-order valence-electron chi connectivity index (χ3n) is 2.71. The molecule has 1 aromatic heterocycles. The van der Waals surface area contributed by atoms with Crippen molar-refractivity contribution < 1.29 is 9.59 Å². The number of nitrogens with one attached hydrogen (secondary N) is 1. The Labute approximate surface area is 129 Å². The highest BCUT2D eigenvalue weighted by Gasteiger charge is 2.13. The van der Waals surface area contributed by atoms with E-state index in [9.17, 15) is 9.59 Å². The summed E-state index contributed by atoms with van der Waals surface area (Å²) in [6.07, 6.45) is 0.101. The average Bonchev–Trinajstić information content (AvgIpc) is 2.71. The van der Waals surface area contributed by atoms with Crippen molar-refractivity contribution in [2.75, 3.05) is 5.32 Å². The second-order valence-electron chi connectivity index (χ2n) is 4.32. The first-order valence-electron chi connectivity index (χ1n) is 5.91. The minimum Gasteiger partial charge on any atom is -0.369 e. The summed E-state index contributed by atoms with van der Waals surface area (Å²) in [6.45, 7) is 1.93. The SMILES string of the molecule is Cc1cc(C(=O)Nc2ccccc2CC(N)=O)sc1Br. The van der Waals surface area contributed by atoms with Gasteiger partial charge in [-0.15, -0.1) is 11.3 Å². The predicted octanol–water partition coefficient (Wildman–Crippen LogP) is 3.10. The van der Waals surface area contributed by atoms with E-state index in [1.54, 1.807) is 24.3 Å². The van der Waals surface area contributed by atoms with Gasteiger partial charge >= 0.3 is 0 Å². The number of anilines is 1. The van der Waals surface area contributed by atoms with E-state index in [0.717, 1.165) is 9.35 Å². The van der Waals surface area contributed by atoms with Gasteiger partial charge in [-0.3, -0.25) is 9.59 Å². The number of hydrogen-bond donors (Lipinski definition) is 2. The van der Waals surface area contributed by atoms with Crippen molar-refractivity contribution >= 4 is 44.8 Å². The molecular weight excluding hydrogens is 340 g/mol. The van der Waals surface area contributed by atoms with Crippen LogP contribution in [0.15, 0.2) is 34.1 Å². The third-order valence-corrected chi connectivity index (χ3v) is 4.85. The van der Waals surface area contributed by atoms with Gasteiger partial charge in [-0.2, -0.15) is 0 Å². The van der Waals surface area contributed by atoms with E-state index in [0.29, 0.717) is 16.1 Å². The summed E-state index contributed by atoms with van der Waals surface area (Å²) in [5.41, 5.74) is 7.54. The lowest BCUT2D eigenvalue weighted by Gasteiger charge is -2.08. The maximum Gasteiger partial charge on any atom is 0.265 e. The zero-order valence-corrected chi connectivity index (χ0v) is 13.2. The zero-order chi connectivity index (χ0) is 14.7. The topological polar surface area (TPSA) is 72.2 Å². The number of para-hydroxylation sites is 1. The van der Waals surface area contributed by atoms with Gasteiger partial charge in [-0.1, -0.05) is 18.2 Å². The first-order valence-corrected chi connectivity index (χ1v) is 7.52. The summed E-state index contributed by atoms with van der Waals surface area (Å²) in [7, 11) is 0. The predicted molar refractivity (Wildman–Crippen MR) is 84.0 cm³/mol. The van der Waals surface area contributed by atoms with Crippen molar-refractivity contribution in [3.63, 3.8) is 0 Å². The second kappa shape index (κ2) is 6.19. The van der Waals surface area contributed by atoms with Gasteiger partial charge in [0.25, 0.3) is 5.91 Å². The van der Waals surface area contributed by atoms with E-state index < -0.39 is 5.91 Å². The minimum absolute atomic E-state index is 0.101. The van der Waals surface area contributed by atoms with Crippen LogP contribution in [0.5, 0.6) is 0 Å². The van der Waals surface area contributed by atoms with Gasteiger partial charge in [0.2, 0.25) is 5.91 Å². The summed E-state index contributed by atoms with van der Waals surface area (Å²) in [5.74, 6) is -0.623. The number of nitrogens with two attached hydrogens (primary N) is 1. The Kier molecular flexibility index (Phi) is 4.57. The molecule has 4 nitrogen and oxygen atoms in total. The fourth-order valence-electron chi connectivity index (χ4n) is 1.74. The van der Waals surface area contributed by atoms with Crippen LogP contribution in [0, 0.1) is 6.92 Å². The molecule has 2 rings (SSSR count). The molecule has 0 bridgehead atoms. The number of carbonyl (C=O) groups excluding carboxylic acids is 2. The number of halogens is 1. The van der Waals surface area contributed by atoms with E-state index >= 15 is 0 Å². The molecule has 0 saturated carbocycles. The lowest BCUT2D eigenvalue weighted by molar-refractivity contribution is -0.117. The highest BCUT2D eigenvalue weighted by atomic mass is 79.9. The Hall–Kier alpha value is -1.66. The van der Waals surface area contributed by atoms with Crippen molar-refractivity contribution in [3.8, 4) is 0 Å². The molecule has 104 valence electrons. The Morgan fingerprint density at radius 2 is 2.05 bits per heavy atom. The van der Waals surface area contributed by atoms with E-state index in [-0.39, 0.29) is 12.3 Å². The number of hydrogen-bond acceptors (Lipinski definition) is 3. The number of carbonyl (C=O) groups is 2. The molecule has 20 heavy (non-hydrogen) atoms. The molecular formula is C14H13BrN2O2S. The molecule has 3 N–H and O–H groups in total. The summed E-state index contributed by atoms with van der Waals surface area (Å²) in [6, 6.07) is 8.96. The zero-order valence-electron chi connectivity index (χ0n) is 10.8. The monoisotopic (exact) mass is 352 g/mol. The molecule has 0 saturated heterocycles. The van der Waals surface area contributed by atoms with Crippen LogP contribution in [0.4, 0.5) is 5.69 Å². The number of thiophene rings is 1. The van der Waals surface area contributed by atoms with Crippen LogP contribution in [-0.4, -0.2) is 11.8 Å². The molecule has 1 heterocycles. The number of amides is 2. The average molecular weight is 353 g/mol. The molecule has 0 aliphatic carbocycles. The molecule has 6 heteroatoms. The lowest BCUT2D eigenvalue weighted by atomic mass is 10.1. The summed E-state index contributed by atoms with van der Waals surface area (Å²) in [5, 5.41) is 2.82. The molecule has 2 aromatic rings. The number of benzene rings is 1. The van der Waals surface area contributed by atoms with E-state index in [1.807, 2.05) is 13.0 Å². The highest BCUT2D eigenvalue weighted by Crippen LogP contribution is 2.28. The number of aryl methyl sites for hydroxylation is 1. The minimum atomic E-state index is -0.429. The lowest BCUT2D eigenvalue weighted by Crippen LogP contribution is -2.17. The standard InChI is InChI=1S/C14H13BrN2O2S/c1-8-6-11(20-13(8)15)14(19)17-10-5-3-2-4-9(10)7-12(16)18/h2-6H,7H2,1H3,(H2,16,18)(H,17,19). The number of primary amides is 1.